The van der Waals surface area contributed by atoms with Crippen molar-refractivity contribution in [2.24, 2.45) is 0 Å². The summed E-state index contributed by atoms with van der Waals surface area (Å²) < 4.78 is 29.3. The number of hydrogen-bond acceptors (Lipinski definition) is 4. The summed E-state index contributed by atoms with van der Waals surface area (Å²) in [5.41, 5.74) is -0.109. The summed E-state index contributed by atoms with van der Waals surface area (Å²) in [6.07, 6.45) is 8.76. The monoisotopic (exact) mass is 319 g/mol. The van der Waals surface area contributed by atoms with E-state index >= 15 is 0 Å². The minimum atomic E-state index is -2.86. The van der Waals surface area contributed by atoms with Gasteiger partial charge in [-0.3, -0.25) is 0 Å². The molecule has 0 bridgehead atoms. The SMILES string of the molecule is CCNC(CCCS(=O)(=O)CC)C1(OC)CCCCCC1. The average molecular weight is 320 g/mol. The molecule has 1 aliphatic rings. The van der Waals surface area contributed by atoms with Crippen molar-refractivity contribution in [1.29, 1.82) is 0 Å². The van der Waals surface area contributed by atoms with Gasteiger partial charge in [0.25, 0.3) is 0 Å². The molecule has 126 valence electrons. The molecule has 0 aromatic rings. The molecule has 1 N–H and O–H groups in total. The molecule has 1 atom stereocenters. The van der Waals surface area contributed by atoms with Gasteiger partial charge in [0.15, 0.2) is 0 Å². The van der Waals surface area contributed by atoms with Crippen LogP contribution in [0.3, 0.4) is 0 Å². The van der Waals surface area contributed by atoms with Crippen LogP contribution < -0.4 is 5.32 Å². The van der Waals surface area contributed by atoms with E-state index in [4.69, 9.17) is 4.74 Å². The minimum absolute atomic E-state index is 0.109. The number of methoxy groups -OCH3 is 1. The van der Waals surface area contributed by atoms with Gasteiger partial charge >= 0.3 is 0 Å². The fraction of sp³-hybridized carbons (Fsp3) is 1.00. The number of likely N-dealkylation sites (N-methyl/N-ethyl adjacent to an activating group) is 1. The van der Waals surface area contributed by atoms with Gasteiger partial charge in [-0.15, -0.1) is 0 Å². The van der Waals surface area contributed by atoms with Crippen LogP contribution in [0.2, 0.25) is 0 Å². The maximum Gasteiger partial charge on any atom is 0.150 e. The number of rotatable bonds is 9. The third-order valence-electron chi connectivity index (χ3n) is 4.83. The summed E-state index contributed by atoms with van der Waals surface area (Å²) in [4.78, 5) is 0. The van der Waals surface area contributed by atoms with Crippen LogP contribution in [-0.4, -0.2) is 45.2 Å². The smallest absolute Gasteiger partial charge is 0.150 e. The Bertz CT molecular complexity index is 373. The fourth-order valence-corrected chi connectivity index (χ4v) is 4.37. The molecule has 0 amide bonds. The van der Waals surface area contributed by atoms with Gasteiger partial charge < -0.3 is 10.1 Å². The first-order valence-corrected chi connectivity index (χ1v) is 10.3. The van der Waals surface area contributed by atoms with E-state index in [0.29, 0.717) is 5.75 Å². The number of sulfone groups is 1. The maximum absolute atomic E-state index is 11.7. The topological polar surface area (TPSA) is 55.4 Å². The molecule has 1 fully saturated rings. The molecule has 1 saturated carbocycles. The van der Waals surface area contributed by atoms with E-state index in [1.54, 1.807) is 6.92 Å². The van der Waals surface area contributed by atoms with Crippen molar-refractivity contribution in [3.63, 3.8) is 0 Å². The number of ether oxygens (including phenoxy) is 1. The van der Waals surface area contributed by atoms with Gasteiger partial charge in [0.1, 0.15) is 9.84 Å². The normalized spacial score (nSPS) is 20.9. The molecule has 1 rings (SSSR count). The lowest BCUT2D eigenvalue weighted by Crippen LogP contribution is -2.52. The lowest BCUT2D eigenvalue weighted by atomic mass is 9.83. The molecule has 5 heteroatoms. The first-order valence-electron chi connectivity index (χ1n) is 8.48. The molecule has 0 radical (unpaired) electrons. The molecule has 0 heterocycles. The highest BCUT2D eigenvalue weighted by Crippen LogP contribution is 2.34. The Hall–Kier alpha value is -0.130. The standard InChI is InChI=1S/C16H33NO3S/c1-4-17-15(11-10-14-21(18,19)5-2)16(20-3)12-8-6-7-9-13-16/h15,17H,4-14H2,1-3H3. The van der Waals surface area contributed by atoms with Crippen LogP contribution in [0, 0.1) is 0 Å². The van der Waals surface area contributed by atoms with Crippen LogP contribution in [-0.2, 0) is 14.6 Å². The summed E-state index contributed by atoms with van der Waals surface area (Å²) in [6, 6.07) is 0.262. The van der Waals surface area contributed by atoms with Crippen LogP contribution in [0.5, 0.6) is 0 Å². The van der Waals surface area contributed by atoms with Crippen molar-refractivity contribution >= 4 is 9.84 Å². The van der Waals surface area contributed by atoms with Crippen molar-refractivity contribution in [2.75, 3.05) is 25.2 Å². The molecule has 0 spiro atoms. The Kier molecular flexibility index (Phi) is 8.21. The first kappa shape index (κ1) is 18.9. The lowest BCUT2D eigenvalue weighted by molar-refractivity contribution is -0.0545. The van der Waals surface area contributed by atoms with Crippen molar-refractivity contribution in [3.05, 3.63) is 0 Å². The second-order valence-corrected chi connectivity index (χ2v) is 8.64. The zero-order valence-corrected chi connectivity index (χ0v) is 14.8. The van der Waals surface area contributed by atoms with Gasteiger partial charge in [-0.05, 0) is 32.2 Å². The number of nitrogens with one attached hydrogen (secondary N) is 1. The van der Waals surface area contributed by atoms with Crippen LogP contribution >= 0.6 is 0 Å². The van der Waals surface area contributed by atoms with Crippen LogP contribution in [0.1, 0.15) is 65.2 Å². The van der Waals surface area contributed by atoms with E-state index in [2.05, 4.69) is 12.2 Å². The van der Waals surface area contributed by atoms with Crippen molar-refractivity contribution in [1.82, 2.24) is 5.32 Å². The van der Waals surface area contributed by atoms with E-state index < -0.39 is 9.84 Å². The van der Waals surface area contributed by atoms with Gasteiger partial charge in [-0.25, -0.2) is 8.42 Å². The summed E-state index contributed by atoms with van der Waals surface area (Å²) in [7, 11) is -1.05. The van der Waals surface area contributed by atoms with Crippen LogP contribution in [0.15, 0.2) is 0 Å². The zero-order chi connectivity index (χ0) is 15.8. The van der Waals surface area contributed by atoms with E-state index in [-0.39, 0.29) is 17.4 Å². The van der Waals surface area contributed by atoms with E-state index in [0.717, 1.165) is 32.2 Å². The average Bonchev–Trinajstić information content (AvgIpc) is 2.72. The highest BCUT2D eigenvalue weighted by atomic mass is 32.2. The van der Waals surface area contributed by atoms with E-state index in [1.165, 1.54) is 25.7 Å². The van der Waals surface area contributed by atoms with Gasteiger partial charge in [-0.1, -0.05) is 39.5 Å². The minimum Gasteiger partial charge on any atom is -0.377 e. The molecule has 1 aliphatic carbocycles. The quantitative estimate of drug-likeness (QED) is 0.664. The Morgan fingerprint density at radius 2 is 1.76 bits per heavy atom. The van der Waals surface area contributed by atoms with E-state index in [9.17, 15) is 8.42 Å². The zero-order valence-electron chi connectivity index (χ0n) is 14.0. The summed E-state index contributed by atoms with van der Waals surface area (Å²) in [6.45, 7) is 4.73. The maximum atomic E-state index is 11.7. The van der Waals surface area contributed by atoms with Crippen molar-refractivity contribution in [3.8, 4) is 0 Å². The molecule has 21 heavy (non-hydrogen) atoms. The largest absolute Gasteiger partial charge is 0.377 e. The molecule has 0 aromatic heterocycles. The number of hydrogen-bond donors (Lipinski definition) is 1. The second-order valence-electron chi connectivity index (χ2n) is 6.17. The van der Waals surface area contributed by atoms with Crippen LogP contribution in [0.4, 0.5) is 0 Å². The molecule has 0 aromatic carbocycles. The highest BCUT2D eigenvalue weighted by molar-refractivity contribution is 7.91. The third-order valence-corrected chi connectivity index (χ3v) is 6.62. The molecule has 1 unspecified atom stereocenters. The van der Waals surface area contributed by atoms with Gasteiger partial charge in [0.05, 0.1) is 11.4 Å². The summed E-state index contributed by atoms with van der Waals surface area (Å²) in [5.74, 6) is 0.541. The predicted octanol–water partition coefficient (Wildman–Crippen LogP) is 2.92. The van der Waals surface area contributed by atoms with Gasteiger partial charge in [0.2, 0.25) is 0 Å². The Labute approximate surface area is 130 Å². The Morgan fingerprint density at radius 3 is 2.24 bits per heavy atom. The van der Waals surface area contributed by atoms with Crippen LogP contribution in [0.25, 0.3) is 0 Å². The second kappa shape index (κ2) is 9.11. The fourth-order valence-electron chi connectivity index (χ4n) is 3.47. The molecular formula is C16H33NO3S. The van der Waals surface area contributed by atoms with E-state index in [1.807, 2.05) is 7.11 Å². The van der Waals surface area contributed by atoms with Crippen molar-refractivity contribution < 1.29 is 13.2 Å². The molecule has 4 nitrogen and oxygen atoms in total. The Morgan fingerprint density at radius 1 is 1.14 bits per heavy atom. The molecular weight excluding hydrogens is 286 g/mol. The summed E-state index contributed by atoms with van der Waals surface area (Å²) in [5, 5.41) is 3.56. The summed E-state index contributed by atoms with van der Waals surface area (Å²) >= 11 is 0. The lowest BCUT2D eigenvalue weighted by Gasteiger charge is -2.40. The molecule has 0 saturated heterocycles. The first-order chi connectivity index (χ1) is 9.99. The van der Waals surface area contributed by atoms with Gasteiger partial charge in [-0.2, -0.15) is 0 Å². The highest BCUT2D eigenvalue weighted by Gasteiger charge is 2.38. The molecule has 0 aliphatic heterocycles. The Balaban J connectivity index is 2.68. The van der Waals surface area contributed by atoms with Gasteiger partial charge in [0, 0.05) is 18.9 Å². The third kappa shape index (κ3) is 5.87. The van der Waals surface area contributed by atoms with Crippen molar-refractivity contribution in [2.45, 2.75) is 76.9 Å². The predicted molar refractivity (Wildman–Crippen MR) is 88.5 cm³/mol.